The molecule has 0 saturated heterocycles. The Hall–Kier alpha value is -1.66. The highest BCUT2D eigenvalue weighted by Crippen LogP contribution is 2.26. The van der Waals surface area contributed by atoms with E-state index in [2.05, 4.69) is 30.9 Å². The Labute approximate surface area is 128 Å². The van der Waals surface area contributed by atoms with E-state index in [1.165, 1.54) is 6.33 Å². The molecule has 0 saturated carbocycles. The van der Waals surface area contributed by atoms with Gasteiger partial charge in [-0.15, -0.1) is 11.6 Å². The fourth-order valence-electron chi connectivity index (χ4n) is 2.02. The lowest BCUT2D eigenvalue weighted by Gasteiger charge is -2.07. The molecule has 0 unspecified atom stereocenters. The molecule has 0 spiro atoms. The normalized spacial score (nSPS) is 10.9. The fourth-order valence-corrected chi connectivity index (χ4v) is 2.46. The molecule has 0 bridgehead atoms. The Morgan fingerprint density at radius 2 is 2.00 bits per heavy atom. The average molecular weight is 354 g/mol. The molecule has 7 heteroatoms. The number of hydrogen-bond donors (Lipinski definition) is 0. The molecule has 0 amide bonds. The van der Waals surface area contributed by atoms with Crippen molar-refractivity contribution in [1.29, 1.82) is 0 Å². The van der Waals surface area contributed by atoms with E-state index < -0.39 is 0 Å². The lowest BCUT2D eigenvalue weighted by atomic mass is 10.3. The van der Waals surface area contributed by atoms with Gasteiger partial charge in [0.15, 0.2) is 11.2 Å². The molecular formula is C13H10BrClN4O. The monoisotopic (exact) mass is 352 g/mol. The summed E-state index contributed by atoms with van der Waals surface area (Å²) in [5.74, 6) is 1.41. The van der Waals surface area contributed by atoms with Gasteiger partial charge >= 0.3 is 0 Å². The van der Waals surface area contributed by atoms with E-state index in [0.29, 0.717) is 22.9 Å². The number of methoxy groups -OCH3 is 1. The minimum atomic E-state index is 0.273. The third kappa shape index (κ3) is 2.14. The summed E-state index contributed by atoms with van der Waals surface area (Å²) in [4.78, 5) is 12.8. The van der Waals surface area contributed by atoms with E-state index >= 15 is 0 Å². The quantitative estimate of drug-likeness (QED) is 0.678. The van der Waals surface area contributed by atoms with Crippen molar-refractivity contribution in [2.75, 3.05) is 7.11 Å². The van der Waals surface area contributed by atoms with Gasteiger partial charge in [0.25, 0.3) is 0 Å². The number of fused-ring (bicyclic) bond motifs is 1. The van der Waals surface area contributed by atoms with Gasteiger partial charge in [-0.25, -0.2) is 9.97 Å². The first-order valence-electron chi connectivity index (χ1n) is 5.83. The number of imidazole rings is 1. The van der Waals surface area contributed by atoms with Crippen LogP contribution in [0.15, 0.2) is 35.1 Å². The molecule has 102 valence electrons. The highest BCUT2D eigenvalue weighted by Gasteiger charge is 2.16. The van der Waals surface area contributed by atoms with E-state index in [1.54, 1.807) is 7.11 Å². The lowest BCUT2D eigenvalue weighted by Crippen LogP contribution is -2.00. The molecule has 2 heterocycles. The maximum atomic E-state index is 6.00. The number of rotatable bonds is 3. The molecule has 0 aliphatic rings. The van der Waals surface area contributed by atoms with Gasteiger partial charge in [-0.05, 0) is 24.3 Å². The maximum Gasteiger partial charge on any atom is 0.245 e. The van der Waals surface area contributed by atoms with E-state index in [-0.39, 0.29) is 5.88 Å². The number of hydrogen-bond acceptors (Lipinski definition) is 4. The summed E-state index contributed by atoms with van der Waals surface area (Å²) in [6.45, 7) is 0. The highest BCUT2D eigenvalue weighted by molar-refractivity contribution is 9.10. The van der Waals surface area contributed by atoms with Crippen LogP contribution in [0.2, 0.25) is 0 Å². The summed E-state index contributed by atoms with van der Waals surface area (Å²) in [6, 6.07) is 7.85. The van der Waals surface area contributed by atoms with Crippen LogP contribution in [-0.2, 0) is 5.88 Å². The van der Waals surface area contributed by atoms with Crippen LogP contribution < -0.4 is 4.74 Å². The van der Waals surface area contributed by atoms with Crippen LogP contribution in [0.5, 0.6) is 5.88 Å². The maximum absolute atomic E-state index is 6.00. The number of aromatic nitrogens is 4. The predicted octanol–water partition coefficient (Wildman–Crippen LogP) is 3.33. The molecule has 20 heavy (non-hydrogen) atoms. The molecule has 0 radical (unpaired) electrons. The Bertz CT molecular complexity index is 757. The summed E-state index contributed by atoms with van der Waals surface area (Å²) >= 11 is 9.42. The molecule has 0 atom stereocenters. The van der Waals surface area contributed by atoms with Crippen molar-refractivity contribution >= 4 is 38.7 Å². The van der Waals surface area contributed by atoms with E-state index in [1.807, 2.05) is 28.8 Å². The molecule has 0 N–H and O–H groups in total. The lowest BCUT2D eigenvalue weighted by molar-refractivity contribution is 0.401. The highest BCUT2D eigenvalue weighted by atomic mass is 79.9. The van der Waals surface area contributed by atoms with Crippen LogP contribution in [0.1, 0.15) is 5.82 Å². The van der Waals surface area contributed by atoms with E-state index in [9.17, 15) is 0 Å². The zero-order chi connectivity index (χ0) is 14.1. The van der Waals surface area contributed by atoms with Gasteiger partial charge in [-0.1, -0.05) is 15.9 Å². The first kappa shape index (κ1) is 13.3. The minimum Gasteiger partial charge on any atom is -0.479 e. The molecule has 2 aromatic heterocycles. The standard InChI is InChI=1S/C13H10BrClN4O/c1-20-13-11-12(16-7-17-13)19(10(6-15)18-11)9-4-2-8(14)3-5-9/h2-5,7H,6H2,1H3. The van der Waals surface area contributed by atoms with Gasteiger partial charge in [0.2, 0.25) is 5.88 Å². The Kier molecular flexibility index (Phi) is 3.58. The van der Waals surface area contributed by atoms with Crippen molar-refractivity contribution in [1.82, 2.24) is 19.5 Å². The van der Waals surface area contributed by atoms with Gasteiger partial charge < -0.3 is 4.74 Å². The smallest absolute Gasteiger partial charge is 0.245 e. The summed E-state index contributed by atoms with van der Waals surface area (Å²) in [5, 5.41) is 0. The minimum absolute atomic E-state index is 0.273. The molecule has 0 fully saturated rings. The summed E-state index contributed by atoms with van der Waals surface area (Å²) < 4.78 is 8.12. The number of halogens is 2. The third-order valence-corrected chi connectivity index (χ3v) is 3.65. The van der Waals surface area contributed by atoms with Gasteiger partial charge in [0.05, 0.1) is 13.0 Å². The number of benzene rings is 1. The largest absolute Gasteiger partial charge is 0.479 e. The molecule has 0 aliphatic carbocycles. The van der Waals surface area contributed by atoms with Crippen LogP contribution in [0.25, 0.3) is 16.9 Å². The summed E-state index contributed by atoms with van der Waals surface area (Å²) in [7, 11) is 1.56. The van der Waals surface area contributed by atoms with Crippen LogP contribution >= 0.6 is 27.5 Å². The molecule has 1 aromatic carbocycles. The predicted molar refractivity (Wildman–Crippen MR) is 80.5 cm³/mol. The second-order valence-electron chi connectivity index (χ2n) is 4.03. The van der Waals surface area contributed by atoms with Crippen LogP contribution in [0.3, 0.4) is 0 Å². The second kappa shape index (κ2) is 5.38. The van der Waals surface area contributed by atoms with Gasteiger partial charge in [0, 0.05) is 10.2 Å². The number of ether oxygens (including phenoxy) is 1. The Balaban J connectivity index is 2.30. The van der Waals surface area contributed by atoms with Crippen LogP contribution in [-0.4, -0.2) is 26.6 Å². The molecule has 3 rings (SSSR count). The Morgan fingerprint density at radius 3 is 2.65 bits per heavy atom. The van der Waals surface area contributed by atoms with Gasteiger partial charge in [-0.3, -0.25) is 4.57 Å². The van der Waals surface area contributed by atoms with Gasteiger partial charge in [-0.2, -0.15) is 4.98 Å². The number of nitrogens with zero attached hydrogens (tertiary/aromatic N) is 4. The SMILES string of the molecule is COc1ncnc2c1nc(CCl)n2-c1ccc(Br)cc1. The van der Waals surface area contributed by atoms with Crippen molar-refractivity contribution in [3.05, 3.63) is 40.9 Å². The van der Waals surface area contributed by atoms with Crippen molar-refractivity contribution in [3.8, 4) is 11.6 Å². The second-order valence-corrected chi connectivity index (χ2v) is 5.21. The van der Waals surface area contributed by atoms with Crippen molar-refractivity contribution in [2.24, 2.45) is 0 Å². The summed E-state index contributed by atoms with van der Waals surface area (Å²) in [6.07, 6.45) is 1.45. The van der Waals surface area contributed by atoms with Crippen molar-refractivity contribution in [2.45, 2.75) is 5.88 Å². The first-order valence-corrected chi connectivity index (χ1v) is 7.15. The van der Waals surface area contributed by atoms with Crippen molar-refractivity contribution < 1.29 is 4.74 Å². The average Bonchev–Trinajstić information content (AvgIpc) is 2.86. The fraction of sp³-hybridized carbons (Fsp3) is 0.154. The molecule has 0 aliphatic heterocycles. The molecule has 3 aromatic rings. The molecular weight excluding hydrogens is 344 g/mol. The van der Waals surface area contributed by atoms with Crippen LogP contribution in [0.4, 0.5) is 0 Å². The van der Waals surface area contributed by atoms with E-state index in [4.69, 9.17) is 16.3 Å². The molecule has 5 nitrogen and oxygen atoms in total. The van der Waals surface area contributed by atoms with E-state index in [0.717, 1.165) is 10.2 Å². The van der Waals surface area contributed by atoms with Crippen LogP contribution in [0, 0.1) is 0 Å². The first-order chi connectivity index (χ1) is 9.74. The van der Waals surface area contributed by atoms with Gasteiger partial charge in [0.1, 0.15) is 12.2 Å². The zero-order valence-electron chi connectivity index (χ0n) is 10.5. The Morgan fingerprint density at radius 1 is 1.25 bits per heavy atom. The van der Waals surface area contributed by atoms with Crippen molar-refractivity contribution in [3.63, 3.8) is 0 Å². The summed E-state index contributed by atoms with van der Waals surface area (Å²) in [5.41, 5.74) is 2.22. The topological polar surface area (TPSA) is 52.8 Å². The number of alkyl halides is 1. The third-order valence-electron chi connectivity index (χ3n) is 2.88. The zero-order valence-corrected chi connectivity index (χ0v) is 12.9.